The first-order valence-electron chi connectivity index (χ1n) is 5.39. The summed E-state index contributed by atoms with van der Waals surface area (Å²) in [5, 5.41) is 0. The predicted octanol–water partition coefficient (Wildman–Crippen LogP) is 1.21. The number of fused-ring (bicyclic) bond motifs is 2. The van der Waals surface area contributed by atoms with Crippen molar-refractivity contribution in [3.8, 4) is 0 Å². The molecule has 2 heterocycles. The van der Waals surface area contributed by atoms with E-state index in [1.165, 1.54) is 30.8 Å². The number of hydrogen-bond acceptors (Lipinski definition) is 2. The Morgan fingerprint density at radius 2 is 2.00 bits per heavy atom. The van der Waals surface area contributed by atoms with Gasteiger partial charge in [0.25, 0.3) is 0 Å². The highest BCUT2D eigenvalue weighted by Crippen LogP contribution is 2.52. The van der Waals surface area contributed by atoms with Gasteiger partial charge in [-0.2, -0.15) is 0 Å². The molecule has 0 saturated heterocycles. The van der Waals surface area contributed by atoms with Crippen molar-refractivity contribution >= 4 is 0 Å². The van der Waals surface area contributed by atoms with Crippen molar-refractivity contribution in [2.24, 2.45) is 7.05 Å². The van der Waals surface area contributed by atoms with Crippen LogP contribution in [0, 0.1) is 6.92 Å². The lowest BCUT2D eigenvalue weighted by atomic mass is 10.0. The summed E-state index contributed by atoms with van der Waals surface area (Å²) in [5.41, 5.74) is 3.17. The first-order valence-corrected chi connectivity index (χ1v) is 5.39. The summed E-state index contributed by atoms with van der Waals surface area (Å²) >= 11 is 0. The van der Waals surface area contributed by atoms with Crippen molar-refractivity contribution in [1.82, 2.24) is 14.5 Å². The highest BCUT2D eigenvalue weighted by atomic mass is 15.3. The summed E-state index contributed by atoms with van der Waals surface area (Å²) in [6.07, 6.45) is 3.75. The highest BCUT2D eigenvalue weighted by molar-refractivity contribution is 5.33. The summed E-state index contributed by atoms with van der Waals surface area (Å²) in [4.78, 5) is 7.23. The van der Waals surface area contributed by atoms with Crippen molar-refractivity contribution in [1.29, 1.82) is 0 Å². The third-order valence-electron chi connectivity index (χ3n) is 4.02. The molecule has 0 radical (unpaired) electrons. The largest absolute Gasteiger partial charge is 0.335 e. The third-order valence-corrected chi connectivity index (χ3v) is 4.02. The van der Waals surface area contributed by atoms with Crippen molar-refractivity contribution in [3.63, 3.8) is 0 Å². The van der Waals surface area contributed by atoms with Gasteiger partial charge in [-0.1, -0.05) is 0 Å². The van der Waals surface area contributed by atoms with Gasteiger partial charge < -0.3 is 4.57 Å². The zero-order valence-corrected chi connectivity index (χ0v) is 9.17. The van der Waals surface area contributed by atoms with Gasteiger partial charge in [0.15, 0.2) is 0 Å². The zero-order valence-electron chi connectivity index (χ0n) is 9.17. The van der Waals surface area contributed by atoms with Gasteiger partial charge in [0.05, 0.1) is 11.2 Å². The molecule has 1 aliphatic carbocycles. The molecule has 1 fully saturated rings. The van der Waals surface area contributed by atoms with E-state index < -0.39 is 0 Å². The van der Waals surface area contributed by atoms with Crippen LogP contribution in [-0.4, -0.2) is 28.0 Å². The Morgan fingerprint density at radius 1 is 1.29 bits per heavy atom. The molecule has 76 valence electrons. The molecule has 1 aromatic heterocycles. The lowest BCUT2D eigenvalue weighted by Crippen LogP contribution is -2.38. The van der Waals surface area contributed by atoms with Crippen LogP contribution in [0.5, 0.6) is 0 Å². The second-order valence-corrected chi connectivity index (χ2v) is 4.72. The van der Waals surface area contributed by atoms with Crippen molar-refractivity contribution in [3.05, 3.63) is 17.2 Å². The number of rotatable bonds is 0. The van der Waals surface area contributed by atoms with Crippen molar-refractivity contribution in [2.45, 2.75) is 31.7 Å². The maximum atomic E-state index is 4.74. The van der Waals surface area contributed by atoms with Gasteiger partial charge in [0, 0.05) is 25.7 Å². The number of aryl methyl sites for hydroxylation is 1. The molecule has 1 aromatic rings. The van der Waals surface area contributed by atoms with Gasteiger partial charge in [0.1, 0.15) is 5.82 Å². The quantitative estimate of drug-likeness (QED) is 0.614. The van der Waals surface area contributed by atoms with Crippen LogP contribution in [0.2, 0.25) is 0 Å². The average Bonchev–Trinajstić information content (AvgIpc) is 2.89. The Morgan fingerprint density at radius 3 is 2.64 bits per heavy atom. The first kappa shape index (κ1) is 8.48. The summed E-state index contributed by atoms with van der Waals surface area (Å²) in [5.74, 6) is 1.16. The molecule has 1 aliphatic heterocycles. The van der Waals surface area contributed by atoms with Crippen LogP contribution >= 0.6 is 0 Å². The zero-order chi connectivity index (χ0) is 9.92. The minimum Gasteiger partial charge on any atom is -0.335 e. The third kappa shape index (κ3) is 0.836. The van der Waals surface area contributed by atoms with Crippen LogP contribution in [0.15, 0.2) is 0 Å². The Labute approximate surface area is 84.7 Å². The van der Waals surface area contributed by atoms with E-state index in [0.717, 1.165) is 12.2 Å². The van der Waals surface area contributed by atoms with E-state index in [2.05, 4.69) is 30.5 Å². The normalized spacial score (nSPS) is 23.9. The van der Waals surface area contributed by atoms with E-state index in [0.29, 0.717) is 5.54 Å². The number of hydrogen-bond donors (Lipinski definition) is 0. The fraction of sp³-hybridized carbons (Fsp3) is 0.727. The van der Waals surface area contributed by atoms with Crippen LogP contribution in [0.1, 0.15) is 30.1 Å². The Bertz CT molecular complexity index is 387. The molecule has 3 nitrogen and oxygen atoms in total. The van der Waals surface area contributed by atoms with Gasteiger partial charge in [-0.05, 0) is 26.8 Å². The van der Waals surface area contributed by atoms with E-state index in [9.17, 15) is 0 Å². The maximum Gasteiger partial charge on any atom is 0.105 e. The highest BCUT2D eigenvalue weighted by Gasteiger charge is 2.53. The Balaban J connectivity index is 2.18. The molecule has 3 rings (SSSR count). The molecule has 3 heteroatoms. The van der Waals surface area contributed by atoms with Crippen molar-refractivity contribution in [2.75, 3.05) is 13.6 Å². The Hall–Kier alpha value is -0.830. The summed E-state index contributed by atoms with van der Waals surface area (Å²) < 4.78 is 2.27. The van der Waals surface area contributed by atoms with Crippen LogP contribution in [0.3, 0.4) is 0 Å². The fourth-order valence-electron chi connectivity index (χ4n) is 2.72. The maximum absolute atomic E-state index is 4.74. The van der Waals surface area contributed by atoms with Gasteiger partial charge in [-0.15, -0.1) is 0 Å². The van der Waals surface area contributed by atoms with Gasteiger partial charge >= 0.3 is 0 Å². The molecular formula is C11H17N3. The van der Waals surface area contributed by atoms with E-state index in [1.54, 1.807) is 0 Å². The van der Waals surface area contributed by atoms with Crippen LogP contribution in [0.4, 0.5) is 0 Å². The molecule has 0 bridgehead atoms. The van der Waals surface area contributed by atoms with Crippen LogP contribution in [-0.2, 0) is 19.0 Å². The lowest BCUT2D eigenvalue weighted by Gasteiger charge is -2.32. The molecule has 0 atom stereocenters. The molecule has 0 amide bonds. The Kier molecular flexibility index (Phi) is 1.45. The minimum absolute atomic E-state index is 0.333. The number of imidazole rings is 1. The fourth-order valence-corrected chi connectivity index (χ4v) is 2.72. The van der Waals surface area contributed by atoms with E-state index >= 15 is 0 Å². The number of nitrogens with zero attached hydrogens (tertiary/aromatic N) is 3. The predicted molar refractivity (Wildman–Crippen MR) is 55.2 cm³/mol. The minimum atomic E-state index is 0.333. The molecule has 2 aliphatic rings. The smallest absolute Gasteiger partial charge is 0.105 e. The molecule has 0 N–H and O–H groups in total. The second-order valence-electron chi connectivity index (χ2n) is 4.72. The van der Waals surface area contributed by atoms with Gasteiger partial charge in [-0.3, -0.25) is 4.90 Å². The summed E-state index contributed by atoms with van der Waals surface area (Å²) in [7, 11) is 4.38. The number of likely N-dealkylation sites (N-methyl/N-ethyl adjacent to an activating group) is 1. The summed E-state index contributed by atoms with van der Waals surface area (Å²) in [6, 6.07) is 0. The standard InChI is InChI=1S/C11H17N3/c1-8-12-10-9(14(8)3)4-7-13(2)11(10)5-6-11/h4-7H2,1-3H3. The molecular weight excluding hydrogens is 174 g/mol. The summed E-state index contributed by atoms with van der Waals surface area (Å²) in [6.45, 7) is 3.29. The van der Waals surface area contributed by atoms with E-state index in [1.807, 2.05) is 0 Å². The molecule has 14 heavy (non-hydrogen) atoms. The molecule has 0 unspecified atom stereocenters. The van der Waals surface area contributed by atoms with Gasteiger partial charge in [0.2, 0.25) is 0 Å². The molecule has 1 saturated carbocycles. The topological polar surface area (TPSA) is 21.1 Å². The second kappa shape index (κ2) is 2.40. The lowest BCUT2D eigenvalue weighted by molar-refractivity contribution is 0.202. The monoisotopic (exact) mass is 191 g/mol. The SMILES string of the molecule is Cc1nc2c(n1C)CCN(C)C21CC1. The van der Waals surface area contributed by atoms with Crippen LogP contribution < -0.4 is 0 Å². The van der Waals surface area contributed by atoms with E-state index in [-0.39, 0.29) is 0 Å². The first-order chi connectivity index (χ1) is 6.65. The van der Waals surface area contributed by atoms with Gasteiger partial charge in [-0.25, -0.2) is 4.98 Å². The molecule has 0 aromatic carbocycles. The average molecular weight is 191 g/mol. The van der Waals surface area contributed by atoms with E-state index in [4.69, 9.17) is 4.98 Å². The number of aromatic nitrogens is 2. The molecule has 1 spiro atoms. The van der Waals surface area contributed by atoms with Crippen LogP contribution in [0.25, 0.3) is 0 Å². The van der Waals surface area contributed by atoms with Crippen molar-refractivity contribution < 1.29 is 0 Å².